The van der Waals surface area contributed by atoms with E-state index in [9.17, 15) is 19.8 Å². The predicted molar refractivity (Wildman–Crippen MR) is 352 cm³/mol. The van der Waals surface area contributed by atoms with Crippen LogP contribution in [0.2, 0.25) is 0 Å². The first-order valence-corrected chi connectivity index (χ1v) is 37.3. The molecule has 0 heterocycles. The maximum atomic E-state index is 12.5. The monoisotopic (exact) mass is 1130 g/mol. The van der Waals surface area contributed by atoms with E-state index in [0.29, 0.717) is 25.9 Å². The van der Waals surface area contributed by atoms with Crippen LogP contribution in [0.15, 0.2) is 0 Å². The lowest BCUT2D eigenvalue weighted by molar-refractivity contribution is -0.143. The molecular formula is C74H147NO5. The number of aliphatic hydroxyl groups is 2. The summed E-state index contributed by atoms with van der Waals surface area (Å²) in [5, 5.41) is 23.4. The van der Waals surface area contributed by atoms with E-state index < -0.39 is 12.1 Å². The molecule has 1 amide bonds. The second-order valence-corrected chi connectivity index (χ2v) is 26.0. The molecule has 0 aromatic rings. The first-order chi connectivity index (χ1) is 39.5. The van der Waals surface area contributed by atoms with Gasteiger partial charge in [-0.25, -0.2) is 0 Å². The Labute approximate surface area is 502 Å². The lowest BCUT2D eigenvalue weighted by atomic mass is 10.0. The van der Waals surface area contributed by atoms with Crippen LogP contribution in [0.25, 0.3) is 0 Å². The maximum absolute atomic E-state index is 12.5. The standard InChI is InChI=1S/C74H147NO5/c1-3-5-7-9-11-13-15-17-19-20-21-32-35-39-42-46-50-54-58-62-66-72(77)71(70-76)75-73(78)67-63-59-55-51-47-43-40-36-33-30-28-26-24-22-23-25-27-29-31-34-37-41-45-49-53-57-61-65-69-80-74(79)68-64-60-56-52-48-44-38-18-16-14-12-10-8-6-4-2/h71-72,76-77H,3-70H2,1-2H3,(H,75,78). The summed E-state index contributed by atoms with van der Waals surface area (Å²) in [6, 6.07) is -0.539. The third-order valence-electron chi connectivity index (χ3n) is 17.9. The molecule has 0 saturated carbocycles. The Balaban J connectivity index is 3.33. The SMILES string of the molecule is CCCCCCCCCCCCCCCCCCCCCCC(O)C(CO)NC(=O)CCCCCCCCCCCCCCCCCCCCCCCCCCCCCCOC(=O)CCCCCCCCCCCCCCCCC. The third-order valence-corrected chi connectivity index (χ3v) is 17.9. The number of hydrogen-bond donors (Lipinski definition) is 3. The van der Waals surface area contributed by atoms with Crippen LogP contribution in [-0.4, -0.2) is 47.4 Å². The molecule has 0 aromatic carbocycles. The largest absolute Gasteiger partial charge is 0.466 e. The summed E-state index contributed by atoms with van der Waals surface area (Å²) >= 11 is 0. The maximum Gasteiger partial charge on any atom is 0.305 e. The van der Waals surface area contributed by atoms with Crippen molar-refractivity contribution >= 4 is 11.9 Å². The fraction of sp³-hybridized carbons (Fsp3) is 0.973. The molecule has 478 valence electrons. The summed E-state index contributed by atoms with van der Waals surface area (Å²) in [4.78, 5) is 24.6. The molecule has 0 fully saturated rings. The number of aliphatic hydroxyl groups excluding tert-OH is 2. The van der Waals surface area contributed by atoms with Gasteiger partial charge in [0.05, 0.1) is 25.4 Å². The molecule has 0 aliphatic heterocycles. The van der Waals surface area contributed by atoms with Gasteiger partial charge in [-0.1, -0.05) is 399 Å². The zero-order valence-electron chi connectivity index (χ0n) is 54.9. The van der Waals surface area contributed by atoms with Crippen LogP contribution in [0.4, 0.5) is 0 Å². The molecule has 0 aliphatic carbocycles. The molecule has 6 heteroatoms. The summed E-state index contributed by atoms with van der Waals surface area (Å²) < 4.78 is 5.50. The average Bonchev–Trinajstić information content (AvgIpc) is 3.46. The number of carbonyl (C=O) groups is 2. The first kappa shape index (κ1) is 78.9. The minimum Gasteiger partial charge on any atom is -0.466 e. The first-order valence-electron chi connectivity index (χ1n) is 37.3. The highest BCUT2D eigenvalue weighted by atomic mass is 16.5. The normalized spacial score (nSPS) is 12.4. The number of rotatable bonds is 71. The molecule has 0 rings (SSSR count). The molecule has 3 N–H and O–H groups in total. The molecule has 2 unspecified atom stereocenters. The second kappa shape index (κ2) is 70.3. The molecule has 0 radical (unpaired) electrons. The Hall–Kier alpha value is -1.14. The van der Waals surface area contributed by atoms with E-state index in [2.05, 4.69) is 19.2 Å². The topological polar surface area (TPSA) is 95.9 Å². The Kier molecular flexibility index (Phi) is 69.3. The van der Waals surface area contributed by atoms with Crippen molar-refractivity contribution in [2.75, 3.05) is 13.2 Å². The van der Waals surface area contributed by atoms with E-state index >= 15 is 0 Å². The molecule has 0 saturated heterocycles. The van der Waals surface area contributed by atoms with Gasteiger partial charge in [-0.2, -0.15) is 0 Å². The van der Waals surface area contributed by atoms with Gasteiger partial charge < -0.3 is 20.3 Å². The minimum absolute atomic E-state index is 0.0232. The third kappa shape index (κ3) is 66.0. The molecule has 0 bridgehead atoms. The van der Waals surface area contributed by atoms with Gasteiger partial charge in [0.15, 0.2) is 0 Å². The molecule has 6 nitrogen and oxygen atoms in total. The van der Waals surface area contributed by atoms with Crippen LogP contribution in [0.5, 0.6) is 0 Å². The molecule has 0 aromatic heterocycles. The van der Waals surface area contributed by atoms with Crippen molar-refractivity contribution < 1.29 is 24.5 Å². The lowest BCUT2D eigenvalue weighted by Gasteiger charge is -2.22. The zero-order valence-corrected chi connectivity index (χ0v) is 54.9. The van der Waals surface area contributed by atoms with Crippen LogP contribution in [0, 0.1) is 0 Å². The van der Waals surface area contributed by atoms with Gasteiger partial charge in [-0.15, -0.1) is 0 Å². The van der Waals surface area contributed by atoms with E-state index in [-0.39, 0.29) is 18.5 Å². The summed E-state index contributed by atoms with van der Waals surface area (Å²) in [6.07, 6.45) is 86.0. The fourth-order valence-corrected chi connectivity index (χ4v) is 12.2. The number of esters is 1. The van der Waals surface area contributed by atoms with Crippen molar-refractivity contribution in [1.29, 1.82) is 0 Å². The molecular weight excluding hydrogens is 983 g/mol. The van der Waals surface area contributed by atoms with Crippen molar-refractivity contribution in [3.63, 3.8) is 0 Å². The molecule has 0 aliphatic rings. The van der Waals surface area contributed by atoms with Gasteiger partial charge >= 0.3 is 5.97 Å². The number of amides is 1. The van der Waals surface area contributed by atoms with Crippen LogP contribution in [-0.2, 0) is 14.3 Å². The number of ether oxygens (including phenoxy) is 1. The second-order valence-electron chi connectivity index (χ2n) is 26.0. The van der Waals surface area contributed by atoms with Crippen LogP contribution in [0.1, 0.15) is 438 Å². The van der Waals surface area contributed by atoms with Crippen molar-refractivity contribution in [2.45, 2.75) is 450 Å². The van der Waals surface area contributed by atoms with E-state index in [0.717, 1.165) is 38.5 Å². The van der Waals surface area contributed by atoms with Crippen LogP contribution >= 0.6 is 0 Å². The highest BCUT2D eigenvalue weighted by Crippen LogP contribution is 2.20. The lowest BCUT2D eigenvalue weighted by Crippen LogP contribution is -2.45. The number of nitrogens with one attached hydrogen (secondary N) is 1. The average molecular weight is 1130 g/mol. The minimum atomic E-state index is -0.662. The number of hydrogen-bond acceptors (Lipinski definition) is 5. The highest BCUT2D eigenvalue weighted by Gasteiger charge is 2.20. The van der Waals surface area contributed by atoms with Gasteiger partial charge in [0.1, 0.15) is 0 Å². The smallest absolute Gasteiger partial charge is 0.305 e. The Morgan fingerprint density at radius 3 is 0.762 bits per heavy atom. The summed E-state index contributed by atoms with van der Waals surface area (Å²) in [5.41, 5.74) is 0. The van der Waals surface area contributed by atoms with E-state index in [4.69, 9.17) is 4.74 Å². The van der Waals surface area contributed by atoms with Gasteiger partial charge in [0, 0.05) is 12.8 Å². The van der Waals surface area contributed by atoms with Crippen molar-refractivity contribution in [3.05, 3.63) is 0 Å². The summed E-state index contributed by atoms with van der Waals surface area (Å²) in [6.45, 7) is 5.01. The van der Waals surface area contributed by atoms with Crippen molar-refractivity contribution in [2.24, 2.45) is 0 Å². The Bertz CT molecular complexity index is 1160. The fourth-order valence-electron chi connectivity index (χ4n) is 12.2. The summed E-state index contributed by atoms with van der Waals surface area (Å²) in [7, 11) is 0. The number of carbonyl (C=O) groups excluding carboxylic acids is 2. The predicted octanol–water partition coefficient (Wildman–Crippen LogP) is 24.2. The Morgan fingerprint density at radius 2 is 0.512 bits per heavy atom. The van der Waals surface area contributed by atoms with Crippen molar-refractivity contribution in [3.8, 4) is 0 Å². The van der Waals surface area contributed by atoms with Gasteiger partial charge in [0.2, 0.25) is 5.91 Å². The van der Waals surface area contributed by atoms with E-state index in [1.165, 1.54) is 366 Å². The van der Waals surface area contributed by atoms with Gasteiger partial charge in [-0.05, 0) is 25.7 Å². The van der Waals surface area contributed by atoms with Crippen LogP contribution in [0.3, 0.4) is 0 Å². The zero-order chi connectivity index (χ0) is 57.8. The van der Waals surface area contributed by atoms with Crippen molar-refractivity contribution in [1.82, 2.24) is 5.32 Å². The molecule has 2 atom stereocenters. The Morgan fingerprint density at radius 1 is 0.300 bits per heavy atom. The molecule has 0 spiro atoms. The number of unbranched alkanes of at least 4 members (excludes halogenated alkanes) is 60. The van der Waals surface area contributed by atoms with Crippen LogP contribution < -0.4 is 5.32 Å². The summed E-state index contributed by atoms with van der Waals surface area (Å²) in [5.74, 6) is -0.00306. The van der Waals surface area contributed by atoms with E-state index in [1.54, 1.807) is 0 Å². The van der Waals surface area contributed by atoms with Gasteiger partial charge in [0.25, 0.3) is 0 Å². The van der Waals surface area contributed by atoms with E-state index in [1.807, 2.05) is 0 Å². The quantitative estimate of drug-likeness (QED) is 0.0417. The highest BCUT2D eigenvalue weighted by molar-refractivity contribution is 5.76. The molecule has 80 heavy (non-hydrogen) atoms. The van der Waals surface area contributed by atoms with Gasteiger partial charge in [-0.3, -0.25) is 9.59 Å².